The first-order chi connectivity index (χ1) is 9.08. The van der Waals surface area contributed by atoms with Crippen molar-refractivity contribution >= 4 is 27.4 Å². The minimum atomic E-state index is 0.824. The van der Waals surface area contributed by atoms with Crippen LogP contribution in [0.4, 0.5) is 11.5 Å². The SMILES string of the molecule is CCN(c1cccc(C)c1)c1c(CBr)c(C)nn1C. The maximum atomic E-state index is 4.54. The van der Waals surface area contributed by atoms with Crippen molar-refractivity contribution in [3.05, 3.63) is 41.1 Å². The van der Waals surface area contributed by atoms with Crippen LogP contribution in [0.1, 0.15) is 23.7 Å². The van der Waals surface area contributed by atoms with E-state index in [1.807, 2.05) is 11.7 Å². The van der Waals surface area contributed by atoms with Gasteiger partial charge in [-0.1, -0.05) is 28.1 Å². The summed E-state index contributed by atoms with van der Waals surface area (Å²) in [5.41, 5.74) is 4.83. The number of hydrogen-bond donors (Lipinski definition) is 0. The van der Waals surface area contributed by atoms with Gasteiger partial charge in [0.15, 0.2) is 0 Å². The number of benzene rings is 1. The fraction of sp³-hybridized carbons (Fsp3) is 0.400. The van der Waals surface area contributed by atoms with E-state index in [1.165, 1.54) is 22.6 Å². The maximum Gasteiger partial charge on any atom is 0.135 e. The van der Waals surface area contributed by atoms with Gasteiger partial charge in [0.1, 0.15) is 5.82 Å². The lowest BCUT2D eigenvalue weighted by Gasteiger charge is -2.24. The quantitative estimate of drug-likeness (QED) is 0.791. The highest BCUT2D eigenvalue weighted by atomic mass is 79.9. The van der Waals surface area contributed by atoms with Crippen LogP contribution in [0.2, 0.25) is 0 Å². The van der Waals surface area contributed by atoms with E-state index in [1.54, 1.807) is 0 Å². The van der Waals surface area contributed by atoms with Gasteiger partial charge >= 0.3 is 0 Å². The van der Waals surface area contributed by atoms with E-state index < -0.39 is 0 Å². The lowest BCUT2D eigenvalue weighted by atomic mass is 10.2. The van der Waals surface area contributed by atoms with Crippen LogP contribution in [0.3, 0.4) is 0 Å². The number of nitrogens with zero attached hydrogens (tertiary/aromatic N) is 3. The monoisotopic (exact) mass is 321 g/mol. The van der Waals surface area contributed by atoms with Crippen molar-refractivity contribution in [3.8, 4) is 0 Å². The molecular formula is C15H20BrN3. The van der Waals surface area contributed by atoms with Gasteiger partial charge in [0.2, 0.25) is 0 Å². The van der Waals surface area contributed by atoms with Gasteiger partial charge in [0.25, 0.3) is 0 Å². The van der Waals surface area contributed by atoms with Crippen LogP contribution in [0.5, 0.6) is 0 Å². The second-order valence-electron chi connectivity index (χ2n) is 4.73. The first-order valence-electron chi connectivity index (χ1n) is 6.51. The number of aromatic nitrogens is 2. The predicted octanol–water partition coefficient (Wildman–Crippen LogP) is 4.09. The molecule has 0 amide bonds. The van der Waals surface area contributed by atoms with E-state index in [0.717, 1.165) is 17.6 Å². The number of rotatable bonds is 4. The van der Waals surface area contributed by atoms with Gasteiger partial charge in [-0.05, 0) is 38.5 Å². The van der Waals surface area contributed by atoms with Crippen LogP contribution >= 0.6 is 15.9 Å². The Morgan fingerprint density at radius 3 is 2.63 bits per heavy atom. The van der Waals surface area contributed by atoms with Crippen molar-refractivity contribution in [2.24, 2.45) is 7.05 Å². The Morgan fingerprint density at radius 2 is 2.05 bits per heavy atom. The first kappa shape index (κ1) is 14.1. The molecule has 0 spiro atoms. The second-order valence-corrected chi connectivity index (χ2v) is 5.29. The van der Waals surface area contributed by atoms with Gasteiger partial charge in [-0.25, -0.2) is 0 Å². The average Bonchev–Trinajstić information content (AvgIpc) is 2.65. The maximum absolute atomic E-state index is 4.54. The molecular weight excluding hydrogens is 302 g/mol. The molecule has 2 rings (SSSR count). The molecule has 0 aliphatic rings. The normalized spacial score (nSPS) is 10.8. The molecule has 0 fully saturated rings. The first-order valence-corrected chi connectivity index (χ1v) is 7.63. The number of aryl methyl sites for hydroxylation is 3. The summed E-state index contributed by atoms with van der Waals surface area (Å²) in [6, 6.07) is 8.59. The van der Waals surface area contributed by atoms with Crippen molar-refractivity contribution in [2.75, 3.05) is 11.4 Å². The molecule has 0 saturated carbocycles. The van der Waals surface area contributed by atoms with Crippen LogP contribution in [-0.2, 0) is 12.4 Å². The molecule has 0 atom stereocenters. The second kappa shape index (κ2) is 5.78. The average molecular weight is 322 g/mol. The van der Waals surface area contributed by atoms with Crippen molar-refractivity contribution < 1.29 is 0 Å². The van der Waals surface area contributed by atoms with E-state index in [2.05, 4.69) is 71.0 Å². The van der Waals surface area contributed by atoms with Crippen molar-refractivity contribution in [1.82, 2.24) is 9.78 Å². The minimum absolute atomic E-state index is 0.824. The molecule has 102 valence electrons. The molecule has 1 aromatic heterocycles. The smallest absolute Gasteiger partial charge is 0.135 e. The fourth-order valence-corrected chi connectivity index (χ4v) is 3.09. The Morgan fingerprint density at radius 1 is 1.32 bits per heavy atom. The van der Waals surface area contributed by atoms with Crippen LogP contribution in [0.15, 0.2) is 24.3 Å². The molecule has 0 aliphatic carbocycles. The number of anilines is 2. The Kier molecular flexibility index (Phi) is 4.30. The summed E-state index contributed by atoms with van der Waals surface area (Å²) in [5.74, 6) is 1.17. The van der Waals surface area contributed by atoms with Crippen molar-refractivity contribution in [3.63, 3.8) is 0 Å². The molecule has 19 heavy (non-hydrogen) atoms. The van der Waals surface area contributed by atoms with Crippen molar-refractivity contribution in [2.45, 2.75) is 26.1 Å². The third kappa shape index (κ3) is 2.68. The van der Waals surface area contributed by atoms with Gasteiger partial charge in [0.05, 0.1) is 5.69 Å². The Balaban J connectivity index is 2.54. The summed E-state index contributed by atoms with van der Waals surface area (Å²) in [7, 11) is 2.01. The summed E-state index contributed by atoms with van der Waals surface area (Å²) in [6.45, 7) is 7.27. The molecule has 4 heteroatoms. The van der Waals surface area contributed by atoms with Crippen LogP contribution in [0, 0.1) is 13.8 Å². The zero-order valence-electron chi connectivity index (χ0n) is 11.9. The molecule has 0 saturated heterocycles. The Hall–Kier alpha value is -1.29. The molecule has 1 heterocycles. The molecule has 1 aromatic carbocycles. The third-order valence-electron chi connectivity index (χ3n) is 3.33. The molecule has 0 radical (unpaired) electrons. The van der Waals surface area contributed by atoms with E-state index in [4.69, 9.17) is 0 Å². The Labute approximate surface area is 123 Å². The Bertz CT molecular complexity index is 575. The van der Waals surface area contributed by atoms with Gasteiger partial charge in [0, 0.05) is 30.2 Å². The van der Waals surface area contributed by atoms with Gasteiger partial charge < -0.3 is 4.90 Å². The topological polar surface area (TPSA) is 21.1 Å². The highest BCUT2D eigenvalue weighted by Crippen LogP contribution is 2.31. The molecule has 0 N–H and O–H groups in total. The molecule has 3 nitrogen and oxygen atoms in total. The summed E-state index contributed by atoms with van der Waals surface area (Å²) in [6.07, 6.45) is 0. The largest absolute Gasteiger partial charge is 0.327 e. The number of hydrogen-bond acceptors (Lipinski definition) is 2. The third-order valence-corrected chi connectivity index (χ3v) is 3.89. The van der Waals surface area contributed by atoms with E-state index in [-0.39, 0.29) is 0 Å². The fourth-order valence-electron chi connectivity index (χ4n) is 2.43. The number of halogens is 1. The van der Waals surface area contributed by atoms with E-state index in [0.29, 0.717) is 0 Å². The predicted molar refractivity (Wildman–Crippen MR) is 84.4 cm³/mol. The van der Waals surface area contributed by atoms with E-state index >= 15 is 0 Å². The standard InChI is InChI=1S/C15H20BrN3/c1-5-19(13-8-6-7-11(2)9-13)15-14(10-16)12(3)17-18(15)4/h6-9H,5,10H2,1-4H3. The van der Waals surface area contributed by atoms with Gasteiger partial charge in [-0.2, -0.15) is 5.10 Å². The van der Waals surface area contributed by atoms with Crippen LogP contribution in [-0.4, -0.2) is 16.3 Å². The highest BCUT2D eigenvalue weighted by Gasteiger charge is 2.18. The summed E-state index contributed by atoms with van der Waals surface area (Å²) < 4.78 is 1.97. The zero-order chi connectivity index (χ0) is 14.0. The minimum Gasteiger partial charge on any atom is -0.327 e. The molecule has 0 aliphatic heterocycles. The summed E-state index contributed by atoms with van der Waals surface area (Å²) >= 11 is 3.58. The number of alkyl halides is 1. The lowest BCUT2D eigenvalue weighted by Crippen LogP contribution is -2.20. The summed E-state index contributed by atoms with van der Waals surface area (Å²) in [4.78, 5) is 2.31. The van der Waals surface area contributed by atoms with Gasteiger partial charge in [-0.15, -0.1) is 0 Å². The highest BCUT2D eigenvalue weighted by molar-refractivity contribution is 9.08. The molecule has 0 unspecified atom stereocenters. The van der Waals surface area contributed by atoms with E-state index in [9.17, 15) is 0 Å². The van der Waals surface area contributed by atoms with Crippen LogP contribution < -0.4 is 4.90 Å². The summed E-state index contributed by atoms with van der Waals surface area (Å²) in [5, 5.41) is 5.37. The van der Waals surface area contributed by atoms with Crippen molar-refractivity contribution in [1.29, 1.82) is 0 Å². The van der Waals surface area contributed by atoms with Crippen LogP contribution in [0.25, 0.3) is 0 Å². The zero-order valence-corrected chi connectivity index (χ0v) is 13.5. The molecule has 2 aromatic rings. The van der Waals surface area contributed by atoms with Gasteiger partial charge in [-0.3, -0.25) is 4.68 Å². The molecule has 0 bridgehead atoms. The lowest BCUT2D eigenvalue weighted by molar-refractivity contribution is 0.741.